The van der Waals surface area contributed by atoms with E-state index in [0.29, 0.717) is 0 Å². The number of ether oxygens (including phenoxy) is 1. The van der Waals surface area contributed by atoms with Crippen molar-refractivity contribution in [2.24, 2.45) is 0 Å². The van der Waals surface area contributed by atoms with E-state index in [0.717, 1.165) is 41.9 Å². The van der Waals surface area contributed by atoms with E-state index in [1.807, 2.05) is 0 Å². The number of rotatable bonds is 17. The molecule has 3 heteroatoms. The van der Waals surface area contributed by atoms with Gasteiger partial charge < -0.3 is 9.22 Å². The molecule has 0 unspecified atom stereocenters. The van der Waals surface area contributed by atoms with Gasteiger partial charge in [0.05, 0.1) is 38.6 Å². The Labute approximate surface area is 175 Å². The number of hydrogen-bond acceptors (Lipinski definition) is 2. The van der Waals surface area contributed by atoms with Gasteiger partial charge in [0, 0.05) is 0 Å². The number of unbranched alkanes of at least 4 members (excludes halogenated alkanes) is 10. The van der Waals surface area contributed by atoms with Crippen LogP contribution in [0.25, 0.3) is 0 Å². The SMILES string of the molecule is CCCCCCCCCCCC[N+](C)(C)Cc1ccc(OCCCC)c(C)n1. The molecular weight excluding hydrogens is 344 g/mol. The van der Waals surface area contributed by atoms with Crippen LogP contribution >= 0.6 is 0 Å². The molecule has 0 aromatic carbocycles. The highest BCUT2D eigenvalue weighted by atomic mass is 16.5. The van der Waals surface area contributed by atoms with Gasteiger partial charge in [-0.15, -0.1) is 0 Å². The first kappa shape index (κ1) is 24.9. The summed E-state index contributed by atoms with van der Waals surface area (Å²) in [4.78, 5) is 4.80. The topological polar surface area (TPSA) is 22.1 Å². The van der Waals surface area contributed by atoms with E-state index in [1.165, 1.54) is 76.4 Å². The lowest BCUT2D eigenvalue weighted by molar-refractivity contribution is -0.904. The maximum absolute atomic E-state index is 5.83. The summed E-state index contributed by atoms with van der Waals surface area (Å²) in [5, 5.41) is 0. The summed E-state index contributed by atoms with van der Waals surface area (Å²) in [7, 11) is 4.66. The summed E-state index contributed by atoms with van der Waals surface area (Å²) >= 11 is 0. The molecule has 0 aliphatic heterocycles. The van der Waals surface area contributed by atoms with Crippen LogP contribution in [-0.4, -0.2) is 36.7 Å². The van der Waals surface area contributed by atoms with Crippen LogP contribution in [0.5, 0.6) is 5.75 Å². The number of hydrogen-bond donors (Lipinski definition) is 0. The molecule has 1 rings (SSSR count). The summed E-state index contributed by atoms with van der Waals surface area (Å²) in [6.45, 7) is 9.55. The molecule has 0 saturated carbocycles. The van der Waals surface area contributed by atoms with Crippen molar-refractivity contribution in [2.45, 2.75) is 104 Å². The Hall–Kier alpha value is -1.09. The number of aryl methyl sites for hydroxylation is 1. The summed E-state index contributed by atoms with van der Waals surface area (Å²) in [6.07, 6.45) is 16.3. The zero-order valence-electron chi connectivity index (χ0n) is 19.6. The normalized spacial score (nSPS) is 11.8. The minimum absolute atomic E-state index is 0.790. The predicted molar refractivity (Wildman–Crippen MR) is 122 cm³/mol. The Morgan fingerprint density at radius 1 is 0.786 bits per heavy atom. The Morgan fingerprint density at radius 2 is 1.36 bits per heavy atom. The van der Waals surface area contributed by atoms with E-state index in [2.05, 4.69) is 47.0 Å². The monoisotopic (exact) mass is 391 g/mol. The Bertz CT molecular complexity index is 513. The van der Waals surface area contributed by atoms with E-state index < -0.39 is 0 Å². The number of aromatic nitrogens is 1. The molecule has 1 aromatic heterocycles. The van der Waals surface area contributed by atoms with Gasteiger partial charge in [-0.2, -0.15) is 0 Å². The highest BCUT2D eigenvalue weighted by molar-refractivity contribution is 5.28. The molecule has 0 atom stereocenters. The first-order valence-corrected chi connectivity index (χ1v) is 11.9. The highest BCUT2D eigenvalue weighted by Crippen LogP contribution is 2.19. The van der Waals surface area contributed by atoms with E-state index in [1.54, 1.807) is 0 Å². The molecule has 28 heavy (non-hydrogen) atoms. The lowest BCUT2D eigenvalue weighted by Crippen LogP contribution is -2.39. The quantitative estimate of drug-likeness (QED) is 0.209. The molecule has 0 aliphatic rings. The summed E-state index contributed by atoms with van der Waals surface area (Å²) < 4.78 is 6.85. The van der Waals surface area contributed by atoms with Gasteiger partial charge in [-0.3, -0.25) is 0 Å². The molecule has 0 bridgehead atoms. The second-order valence-corrected chi connectivity index (χ2v) is 9.09. The maximum atomic E-state index is 5.83. The molecule has 3 nitrogen and oxygen atoms in total. The van der Waals surface area contributed by atoms with Crippen molar-refractivity contribution in [1.29, 1.82) is 0 Å². The first-order valence-electron chi connectivity index (χ1n) is 11.9. The Morgan fingerprint density at radius 3 is 1.93 bits per heavy atom. The van der Waals surface area contributed by atoms with Gasteiger partial charge in [-0.05, 0) is 38.3 Å². The van der Waals surface area contributed by atoms with Crippen molar-refractivity contribution in [3.05, 3.63) is 23.5 Å². The summed E-state index contributed by atoms with van der Waals surface area (Å²) in [5.41, 5.74) is 2.20. The average Bonchev–Trinajstić information content (AvgIpc) is 2.65. The molecule has 0 amide bonds. The Balaban J connectivity index is 2.22. The van der Waals surface area contributed by atoms with Crippen molar-refractivity contribution in [1.82, 2.24) is 4.98 Å². The van der Waals surface area contributed by atoms with E-state index in [4.69, 9.17) is 9.72 Å². The van der Waals surface area contributed by atoms with Gasteiger partial charge in [0.1, 0.15) is 12.3 Å². The third-order valence-corrected chi connectivity index (χ3v) is 5.56. The standard InChI is InChI=1S/C25H47N2O/c1-6-8-10-11-12-13-14-15-16-17-20-27(4,5)22-24-18-19-25(23(3)26-24)28-21-9-7-2/h18-19H,6-17,20-22H2,1-5H3/q+1. The maximum Gasteiger partial charge on any atom is 0.140 e. The molecule has 0 saturated heterocycles. The highest BCUT2D eigenvalue weighted by Gasteiger charge is 2.17. The van der Waals surface area contributed by atoms with Crippen LogP contribution < -0.4 is 4.74 Å². The smallest absolute Gasteiger partial charge is 0.140 e. The number of quaternary nitrogens is 1. The van der Waals surface area contributed by atoms with Gasteiger partial charge >= 0.3 is 0 Å². The van der Waals surface area contributed by atoms with Gasteiger partial charge in [-0.25, -0.2) is 4.98 Å². The van der Waals surface area contributed by atoms with E-state index in [9.17, 15) is 0 Å². The van der Waals surface area contributed by atoms with Gasteiger partial charge in [0.15, 0.2) is 0 Å². The molecule has 0 fully saturated rings. The van der Waals surface area contributed by atoms with Crippen molar-refractivity contribution in [3.63, 3.8) is 0 Å². The molecule has 0 radical (unpaired) electrons. The van der Waals surface area contributed by atoms with Crippen LogP contribution in [0.1, 0.15) is 102 Å². The van der Waals surface area contributed by atoms with Crippen LogP contribution in [-0.2, 0) is 6.54 Å². The molecule has 1 aromatic rings. The molecule has 0 aliphatic carbocycles. The largest absolute Gasteiger partial charge is 0.492 e. The zero-order chi connectivity index (χ0) is 20.7. The van der Waals surface area contributed by atoms with Crippen LogP contribution in [0, 0.1) is 6.92 Å². The van der Waals surface area contributed by atoms with E-state index in [-0.39, 0.29) is 0 Å². The molecule has 0 N–H and O–H groups in total. The summed E-state index contributed by atoms with van der Waals surface area (Å²) in [6, 6.07) is 4.25. The lowest BCUT2D eigenvalue weighted by Gasteiger charge is -2.29. The lowest BCUT2D eigenvalue weighted by atomic mass is 10.1. The summed E-state index contributed by atoms with van der Waals surface area (Å²) in [5.74, 6) is 0.942. The number of pyridine rings is 1. The van der Waals surface area contributed by atoms with Crippen molar-refractivity contribution < 1.29 is 9.22 Å². The van der Waals surface area contributed by atoms with Crippen LogP contribution in [0.4, 0.5) is 0 Å². The van der Waals surface area contributed by atoms with Crippen LogP contribution in [0.15, 0.2) is 12.1 Å². The number of nitrogens with zero attached hydrogens (tertiary/aromatic N) is 2. The third kappa shape index (κ3) is 11.7. The van der Waals surface area contributed by atoms with Gasteiger partial charge in [0.2, 0.25) is 0 Å². The fourth-order valence-corrected chi connectivity index (χ4v) is 3.71. The fraction of sp³-hybridized carbons (Fsp3) is 0.800. The molecule has 162 valence electrons. The molecule has 1 heterocycles. The molecule has 0 spiro atoms. The van der Waals surface area contributed by atoms with Crippen LogP contribution in [0.2, 0.25) is 0 Å². The van der Waals surface area contributed by atoms with Gasteiger partial charge in [-0.1, -0.05) is 71.6 Å². The predicted octanol–water partition coefficient (Wildman–Crippen LogP) is 7.07. The minimum Gasteiger partial charge on any atom is -0.492 e. The Kier molecular flexibility index (Phi) is 13.2. The van der Waals surface area contributed by atoms with Crippen molar-refractivity contribution in [2.75, 3.05) is 27.2 Å². The average molecular weight is 392 g/mol. The van der Waals surface area contributed by atoms with E-state index >= 15 is 0 Å². The van der Waals surface area contributed by atoms with Crippen molar-refractivity contribution in [3.8, 4) is 5.75 Å². The second-order valence-electron chi connectivity index (χ2n) is 9.09. The minimum atomic E-state index is 0.790. The molecular formula is C25H47N2O+. The van der Waals surface area contributed by atoms with Gasteiger partial charge in [0.25, 0.3) is 0 Å². The zero-order valence-corrected chi connectivity index (χ0v) is 19.6. The van der Waals surface area contributed by atoms with Crippen LogP contribution in [0.3, 0.4) is 0 Å². The van der Waals surface area contributed by atoms with Crippen molar-refractivity contribution >= 4 is 0 Å². The first-order chi connectivity index (χ1) is 13.5. The fourth-order valence-electron chi connectivity index (χ4n) is 3.71. The second kappa shape index (κ2) is 14.8. The third-order valence-electron chi connectivity index (χ3n) is 5.56.